The number of carbonyl (C=O) groups excluding carboxylic acids is 1. The van der Waals surface area contributed by atoms with Gasteiger partial charge in [0.25, 0.3) is 0 Å². The summed E-state index contributed by atoms with van der Waals surface area (Å²) in [6.45, 7) is 0. The van der Waals surface area contributed by atoms with Crippen molar-refractivity contribution >= 4 is 23.5 Å². The number of Topliss-reactive ketones (excluding diaryl/α,β-unsaturated/α-hetero) is 1. The molecule has 1 aromatic heterocycles. The Kier molecular flexibility index (Phi) is 4.60. The van der Waals surface area contributed by atoms with E-state index in [1.165, 1.54) is 5.56 Å². The molecule has 0 spiro atoms. The molecular formula is C22H20N4O2S. The van der Waals surface area contributed by atoms with Crippen molar-refractivity contribution in [2.45, 2.75) is 36.2 Å². The first-order valence-electron chi connectivity index (χ1n) is 9.64. The second kappa shape index (κ2) is 7.40. The van der Waals surface area contributed by atoms with Crippen LogP contribution in [0.2, 0.25) is 0 Å². The number of nitrogens with one attached hydrogen (secondary N) is 1. The molecule has 1 aliphatic heterocycles. The predicted molar refractivity (Wildman–Crippen MR) is 112 cm³/mol. The van der Waals surface area contributed by atoms with Crippen molar-refractivity contribution in [3.05, 3.63) is 77.0 Å². The third kappa shape index (κ3) is 3.42. The molecule has 2 aromatic carbocycles. The number of hydrogen-bond acceptors (Lipinski definition) is 6. The number of rotatable bonds is 4. The van der Waals surface area contributed by atoms with Crippen LogP contribution in [0.4, 0.5) is 5.95 Å². The van der Waals surface area contributed by atoms with E-state index in [4.69, 9.17) is 5.10 Å². The summed E-state index contributed by atoms with van der Waals surface area (Å²) in [6.07, 6.45) is 2.22. The van der Waals surface area contributed by atoms with E-state index in [0.717, 1.165) is 35.4 Å². The van der Waals surface area contributed by atoms with Crippen LogP contribution < -0.4 is 5.32 Å². The first kappa shape index (κ1) is 18.0. The number of benzene rings is 2. The number of nitrogens with zero attached hydrogens (tertiary/aromatic N) is 3. The lowest BCUT2D eigenvalue weighted by molar-refractivity contribution is -0.116. The van der Waals surface area contributed by atoms with E-state index >= 15 is 0 Å². The first-order chi connectivity index (χ1) is 14.2. The van der Waals surface area contributed by atoms with Gasteiger partial charge < -0.3 is 10.4 Å². The zero-order chi connectivity index (χ0) is 19.8. The lowest BCUT2D eigenvalue weighted by Crippen LogP contribution is -2.31. The summed E-state index contributed by atoms with van der Waals surface area (Å²) in [5.74, 6) is 1.79. The zero-order valence-electron chi connectivity index (χ0n) is 15.7. The largest absolute Gasteiger partial charge is 0.508 e. The molecule has 0 radical (unpaired) electrons. The standard InChI is InChI=1S/C22H20N4O2S/c27-16-11-9-15(10-12-16)20-19-17(7-4-8-18(19)28)23-21-24-22(25-26(20)21)29-13-14-5-2-1-3-6-14/h1-3,5-6,9-12,20,27H,4,7-8,13H2,(H,23,24,25)/t20-/m0/s1. The maximum absolute atomic E-state index is 12.8. The van der Waals surface area contributed by atoms with Crippen LogP contribution in [0.3, 0.4) is 0 Å². The van der Waals surface area contributed by atoms with Crippen LogP contribution in [0.15, 0.2) is 71.0 Å². The normalized spacial score (nSPS) is 18.2. The summed E-state index contributed by atoms with van der Waals surface area (Å²) >= 11 is 1.57. The maximum atomic E-state index is 12.8. The summed E-state index contributed by atoms with van der Waals surface area (Å²) in [4.78, 5) is 17.5. The fourth-order valence-corrected chi connectivity index (χ4v) is 4.67. The third-order valence-electron chi connectivity index (χ3n) is 5.27. The van der Waals surface area contributed by atoms with Crippen LogP contribution in [0.25, 0.3) is 0 Å². The Morgan fingerprint density at radius 2 is 1.90 bits per heavy atom. The van der Waals surface area contributed by atoms with Gasteiger partial charge in [0.15, 0.2) is 5.78 Å². The van der Waals surface area contributed by atoms with Gasteiger partial charge in [-0.1, -0.05) is 54.2 Å². The molecule has 3 aromatic rings. The molecule has 146 valence electrons. The second-order valence-corrected chi connectivity index (χ2v) is 8.17. The SMILES string of the molecule is O=C1CCCC2=C1[C@H](c1ccc(O)cc1)n1nc(SCc3ccccc3)nc1N2. The summed E-state index contributed by atoms with van der Waals surface area (Å²) in [6, 6.07) is 16.9. The van der Waals surface area contributed by atoms with E-state index in [2.05, 4.69) is 22.4 Å². The van der Waals surface area contributed by atoms with Gasteiger partial charge in [0.1, 0.15) is 11.8 Å². The van der Waals surface area contributed by atoms with Crippen molar-refractivity contribution in [3.8, 4) is 5.75 Å². The molecule has 0 saturated heterocycles. The summed E-state index contributed by atoms with van der Waals surface area (Å²) < 4.78 is 1.81. The van der Waals surface area contributed by atoms with E-state index in [9.17, 15) is 9.90 Å². The van der Waals surface area contributed by atoms with E-state index in [-0.39, 0.29) is 17.6 Å². The number of carbonyl (C=O) groups is 1. The number of aromatic nitrogens is 3. The highest BCUT2D eigenvalue weighted by atomic mass is 32.2. The van der Waals surface area contributed by atoms with Crippen LogP contribution in [0.5, 0.6) is 5.75 Å². The van der Waals surface area contributed by atoms with Crippen LogP contribution >= 0.6 is 11.8 Å². The van der Waals surface area contributed by atoms with Gasteiger partial charge in [-0.25, -0.2) is 4.68 Å². The topological polar surface area (TPSA) is 80.0 Å². The second-order valence-electron chi connectivity index (χ2n) is 7.22. The maximum Gasteiger partial charge on any atom is 0.227 e. The van der Waals surface area contributed by atoms with Crippen LogP contribution in [-0.4, -0.2) is 25.7 Å². The Labute approximate surface area is 172 Å². The van der Waals surface area contributed by atoms with Gasteiger partial charge in [-0.3, -0.25) is 4.79 Å². The Morgan fingerprint density at radius 1 is 1.10 bits per heavy atom. The Balaban J connectivity index is 1.52. The van der Waals surface area contributed by atoms with Crippen molar-refractivity contribution in [1.82, 2.24) is 14.8 Å². The minimum absolute atomic E-state index is 0.150. The zero-order valence-corrected chi connectivity index (χ0v) is 16.5. The molecule has 0 amide bonds. The van der Waals surface area contributed by atoms with E-state index < -0.39 is 0 Å². The molecule has 0 bridgehead atoms. The van der Waals surface area contributed by atoms with Gasteiger partial charge in [0.2, 0.25) is 11.1 Å². The number of fused-ring (bicyclic) bond motifs is 1. The number of aromatic hydroxyl groups is 1. The van der Waals surface area contributed by atoms with Gasteiger partial charge in [-0.2, -0.15) is 4.98 Å². The van der Waals surface area contributed by atoms with Crippen molar-refractivity contribution in [1.29, 1.82) is 0 Å². The lowest BCUT2D eigenvalue weighted by Gasteiger charge is -2.32. The van der Waals surface area contributed by atoms with Crippen molar-refractivity contribution in [2.75, 3.05) is 5.32 Å². The molecule has 1 aliphatic carbocycles. The highest BCUT2D eigenvalue weighted by molar-refractivity contribution is 7.98. The molecule has 6 nitrogen and oxygen atoms in total. The van der Waals surface area contributed by atoms with Gasteiger partial charge >= 0.3 is 0 Å². The number of thioether (sulfide) groups is 1. The quantitative estimate of drug-likeness (QED) is 0.631. The summed E-state index contributed by atoms with van der Waals surface area (Å²) in [5, 5.41) is 18.4. The summed E-state index contributed by atoms with van der Waals surface area (Å²) in [5.41, 5.74) is 3.83. The minimum atomic E-state index is -0.326. The Morgan fingerprint density at radius 3 is 2.69 bits per heavy atom. The average Bonchev–Trinajstić information content (AvgIpc) is 3.15. The van der Waals surface area contributed by atoms with Crippen molar-refractivity contribution in [3.63, 3.8) is 0 Å². The number of allylic oxidation sites excluding steroid dienone is 2. The molecule has 7 heteroatoms. The van der Waals surface area contributed by atoms with Crippen molar-refractivity contribution in [2.24, 2.45) is 0 Å². The smallest absolute Gasteiger partial charge is 0.227 e. The Bertz CT molecular complexity index is 1090. The van der Waals surface area contributed by atoms with Crippen molar-refractivity contribution < 1.29 is 9.90 Å². The fourth-order valence-electron chi connectivity index (χ4n) is 3.88. The molecule has 1 atom stereocenters. The number of phenols is 1. The average molecular weight is 404 g/mol. The highest BCUT2D eigenvalue weighted by Crippen LogP contribution is 2.40. The van der Waals surface area contributed by atoms with Crippen LogP contribution in [-0.2, 0) is 10.5 Å². The fraction of sp³-hybridized carbons (Fsp3) is 0.227. The van der Waals surface area contributed by atoms with Gasteiger partial charge in [0.05, 0.1) is 0 Å². The number of ketones is 1. The van der Waals surface area contributed by atoms with E-state index in [0.29, 0.717) is 17.5 Å². The molecule has 0 unspecified atom stereocenters. The highest BCUT2D eigenvalue weighted by Gasteiger charge is 2.36. The van der Waals surface area contributed by atoms with Crippen LogP contribution in [0, 0.1) is 0 Å². The molecule has 2 aliphatic rings. The van der Waals surface area contributed by atoms with Gasteiger partial charge in [-0.05, 0) is 36.1 Å². The Hall–Kier alpha value is -3.06. The van der Waals surface area contributed by atoms with E-state index in [1.54, 1.807) is 23.9 Å². The number of anilines is 1. The lowest BCUT2D eigenvalue weighted by atomic mass is 9.85. The molecule has 0 saturated carbocycles. The number of phenolic OH excluding ortho intramolecular Hbond substituents is 1. The summed E-state index contributed by atoms with van der Waals surface area (Å²) in [7, 11) is 0. The minimum Gasteiger partial charge on any atom is -0.508 e. The predicted octanol–water partition coefficient (Wildman–Crippen LogP) is 4.30. The monoisotopic (exact) mass is 404 g/mol. The third-order valence-corrected chi connectivity index (χ3v) is 6.18. The molecule has 5 rings (SSSR count). The molecule has 29 heavy (non-hydrogen) atoms. The molecular weight excluding hydrogens is 384 g/mol. The van der Waals surface area contributed by atoms with E-state index in [1.807, 2.05) is 35.0 Å². The van der Waals surface area contributed by atoms with Gasteiger partial charge in [0, 0.05) is 23.4 Å². The molecule has 0 fully saturated rings. The van der Waals surface area contributed by atoms with Crippen LogP contribution in [0.1, 0.15) is 36.4 Å². The molecule has 2 N–H and O–H groups in total. The van der Waals surface area contributed by atoms with Gasteiger partial charge in [-0.15, -0.1) is 5.10 Å². The first-order valence-corrected chi connectivity index (χ1v) is 10.6. The molecule has 2 heterocycles. The number of hydrogen-bond donors (Lipinski definition) is 2.